The SMILES string of the molecule is CC[C@H]1CN(c2cccc3c2O[C@@](C)(c2ccc(Cl)cn2)O3)CCN1Cc1nc2c(OC)cc(C(=O)OC)cc2n1C[C@@H]1CCCO1. The Morgan fingerprint density at radius 2 is 2.02 bits per heavy atom. The van der Waals surface area contributed by atoms with Gasteiger partial charge in [0, 0.05) is 45.4 Å². The highest BCUT2D eigenvalue weighted by molar-refractivity contribution is 6.30. The number of anilines is 1. The van der Waals surface area contributed by atoms with Crippen LogP contribution in [0.2, 0.25) is 5.02 Å². The Hall–Kier alpha value is -4.06. The fraction of sp³-hybridized carbons (Fsp3) is 0.457. The standard InChI is InChI=1S/C35H40ClN5O6/c1-5-24-19-40(26-9-6-10-28-33(26)47-35(2,46-28)30-12-11-23(36)18-37-30)14-13-39(24)21-31-38-32-27(41(31)20-25-8-7-15-45-25)16-22(34(42)44-4)17-29(32)43-3/h6,9-12,16-18,24-25H,5,7-8,13-15,19-21H2,1-4H3/t24-,25-,35-/m0/s1. The molecule has 0 saturated carbocycles. The van der Waals surface area contributed by atoms with Gasteiger partial charge in [-0.2, -0.15) is 0 Å². The summed E-state index contributed by atoms with van der Waals surface area (Å²) in [5.41, 5.74) is 3.67. The molecule has 0 radical (unpaired) electrons. The van der Waals surface area contributed by atoms with Crippen LogP contribution in [0.25, 0.3) is 11.0 Å². The number of carbonyl (C=O) groups excluding carboxylic acids is 1. The van der Waals surface area contributed by atoms with Crippen LogP contribution in [-0.2, 0) is 28.4 Å². The highest BCUT2D eigenvalue weighted by Gasteiger charge is 2.42. The first kappa shape index (κ1) is 31.5. The lowest BCUT2D eigenvalue weighted by molar-refractivity contribution is -0.0716. The van der Waals surface area contributed by atoms with Gasteiger partial charge < -0.3 is 33.2 Å². The molecule has 47 heavy (non-hydrogen) atoms. The van der Waals surface area contributed by atoms with E-state index in [9.17, 15) is 4.79 Å². The van der Waals surface area contributed by atoms with Crippen LogP contribution < -0.4 is 19.1 Å². The zero-order valence-corrected chi connectivity index (χ0v) is 28.0. The Labute approximate surface area is 279 Å². The third-order valence-corrected chi connectivity index (χ3v) is 9.69. The molecule has 0 bridgehead atoms. The number of esters is 1. The average molecular weight is 662 g/mol. The quantitative estimate of drug-likeness (QED) is 0.205. The Balaban J connectivity index is 1.15. The van der Waals surface area contributed by atoms with Crippen molar-refractivity contribution in [2.75, 3.05) is 45.4 Å². The minimum absolute atomic E-state index is 0.0916. The second-order valence-corrected chi connectivity index (χ2v) is 12.8. The number of carbonyl (C=O) groups is 1. The van der Waals surface area contributed by atoms with E-state index in [4.69, 9.17) is 40.3 Å². The van der Waals surface area contributed by atoms with Crippen molar-refractivity contribution in [1.29, 1.82) is 0 Å². The van der Waals surface area contributed by atoms with Gasteiger partial charge in [-0.3, -0.25) is 9.88 Å². The van der Waals surface area contributed by atoms with Gasteiger partial charge in [0.15, 0.2) is 11.5 Å². The Bertz CT molecular complexity index is 1770. The molecule has 0 aliphatic carbocycles. The summed E-state index contributed by atoms with van der Waals surface area (Å²) >= 11 is 6.09. The molecular formula is C35H40ClN5O6. The van der Waals surface area contributed by atoms with Gasteiger partial charge >= 0.3 is 5.97 Å². The van der Waals surface area contributed by atoms with Crippen molar-refractivity contribution in [3.63, 3.8) is 0 Å². The number of benzene rings is 2. The fourth-order valence-corrected chi connectivity index (χ4v) is 7.06. The molecule has 4 aromatic rings. The van der Waals surface area contributed by atoms with E-state index in [1.54, 1.807) is 25.4 Å². The van der Waals surface area contributed by atoms with Gasteiger partial charge in [-0.25, -0.2) is 9.78 Å². The molecule has 2 aromatic carbocycles. The van der Waals surface area contributed by atoms with Crippen molar-refractivity contribution in [2.45, 2.75) is 64.1 Å². The highest BCUT2D eigenvalue weighted by Crippen LogP contribution is 2.49. The van der Waals surface area contributed by atoms with E-state index in [1.165, 1.54) is 7.11 Å². The number of piperazine rings is 1. The summed E-state index contributed by atoms with van der Waals surface area (Å²) < 4.78 is 31.8. The molecule has 0 unspecified atom stereocenters. The van der Waals surface area contributed by atoms with Crippen LogP contribution in [0.3, 0.4) is 0 Å². The molecule has 3 atom stereocenters. The van der Waals surface area contributed by atoms with Crippen LogP contribution in [0.4, 0.5) is 5.69 Å². The summed E-state index contributed by atoms with van der Waals surface area (Å²) in [7, 11) is 2.99. The second kappa shape index (κ2) is 12.9. The number of imidazole rings is 1. The molecule has 11 nitrogen and oxygen atoms in total. The summed E-state index contributed by atoms with van der Waals surface area (Å²) in [4.78, 5) is 27.0. The molecule has 0 spiro atoms. The van der Waals surface area contributed by atoms with E-state index in [1.807, 2.05) is 31.2 Å². The molecule has 5 heterocycles. The summed E-state index contributed by atoms with van der Waals surface area (Å²) in [6.45, 7) is 8.61. The molecule has 2 aromatic heterocycles. The van der Waals surface area contributed by atoms with Crippen molar-refractivity contribution in [2.24, 2.45) is 0 Å². The lowest BCUT2D eigenvalue weighted by atomic mass is 10.1. The minimum atomic E-state index is -1.05. The van der Waals surface area contributed by atoms with Crippen molar-refractivity contribution in [3.05, 3.63) is 70.8 Å². The molecule has 2 saturated heterocycles. The van der Waals surface area contributed by atoms with E-state index < -0.39 is 11.8 Å². The Morgan fingerprint density at radius 3 is 2.74 bits per heavy atom. The highest BCUT2D eigenvalue weighted by atomic mass is 35.5. The number of nitrogens with zero attached hydrogens (tertiary/aromatic N) is 5. The third kappa shape index (κ3) is 5.96. The number of fused-ring (bicyclic) bond motifs is 2. The molecule has 7 rings (SSSR count). The van der Waals surface area contributed by atoms with Gasteiger partial charge in [0.2, 0.25) is 0 Å². The van der Waals surface area contributed by atoms with Crippen LogP contribution in [0.1, 0.15) is 55.0 Å². The number of hydrogen-bond donors (Lipinski definition) is 0. The number of halogens is 1. The van der Waals surface area contributed by atoms with E-state index >= 15 is 0 Å². The summed E-state index contributed by atoms with van der Waals surface area (Å²) in [5.74, 6) is 1.43. The molecule has 0 N–H and O–H groups in total. The average Bonchev–Trinajstić information content (AvgIpc) is 3.82. The van der Waals surface area contributed by atoms with E-state index in [2.05, 4.69) is 32.3 Å². The van der Waals surface area contributed by atoms with Crippen LogP contribution in [0.15, 0.2) is 48.7 Å². The normalized spacial score (nSPS) is 22.6. The van der Waals surface area contributed by atoms with Crippen molar-refractivity contribution in [3.8, 4) is 17.2 Å². The maximum atomic E-state index is 12.6. The molecule has 12 heteroatoms. The lowest BCUT2D eigenvalue weighted by Gasteiger charge is -2.42. The second-order valence-electron chi connectivity index (χ2n) is 12.4. The summed E-state index contributed by atoms with van der Waals surface area (Å²) in [6, 6.07) is 13.5. The van der Waals surface area contributed by atoms with Crippen molar-refractivity contribution in [1.82, 2.24) is 19.4 Å². The van der Waals surface area contributed by atoms with E-state index in [0.717, 1.165) is 73.8 Å². The minimum Gasteiger partial charge on any atom is -0.494 e. The smallest absolute Gasteiger partial charge is 0.338 e. The first-order valence-electron chi connectivity index (χ1n) is 16.2. The van der Waals surface area contributed by atoms with Gasteiger partial charge in [-0.15, -0.1) is 0 Å². The third-order valence-electron chi connectivity index (χ3n) is 9.46. The molecule has 0 amide bonds. The van der Waals surface area contributed by atoms with Gasteiger partial charge in [0.1, 0.15) is 22.8 Å². The summed E-state index contributed by atoms with van der Waals surface area (Å²) in [5, 5.41) is 0.560. The molecule has 2 fully saturated rings. The molecule has 3 aliphatic heterocycles. The number of ether oxygens (including phenoxy) is 5. The Kier molecular flexibility index (Phi) is 8.63. The molecule has 3 aliphatic rings. The van der Waals surface area contributed by atoms with Crippen LogP contribution >= 0.6 is 11.6 Å². The number of methoxy groups -OCH3 is 2. The van der Waals surface area contributed by atoms with E-state index in [-0.39, 0.29) is 12.1 Å². The van der Waals surface area contributed by atoms with Gasteiger partial charge in [0.25, 0.3) is 5.79 Å². The maximum Gasteiger partial charge on any atom is 0.338 e. The number of hydrogen-bond acceptors (Lipinski definition) is 10. The van der Waals surface area contributed by atoms with Crippen LogP contribution in [-0.4, -0.2) is 78.0 Å². The first-order valence-corrected chi connectivity index (χ1v) is 16.6. The topological polar surface area (TPSA) is 100 Å². The van der Waals surface area contributed by atoms with Crippen molar-refractivity contribution >= 4 is 34.3 Å². The summed E-state index contributed by atoms with van der Waals surface area (Å²) in [6.07, 6.45) is 4.68. The predicted molar refractivity (Wildman–Crippen MR) is 178 cm³/mol. The van der Waals surface area contributed by atoms with Gasteiger partial charge in [-0.1, -0.05) is 24.6 Å². The zero-order valence-electron chi connectivity index (χ0n) is 27.2. The number of aromatic nitrogens is 3. The van der Waals surface area contributed by atoms with Crippen molar-refractivity contribution < 1.29 is 28.5 Å². The van der Waals surface area contributed by atoms with Gasteiger partial charge in [-0.05, 0) is 55.7 Å². The Morgan fingerprint density at radius 1 is 1.15 bits per heavy atom. The lowest BCUT2D eigenvalue weighted by Crippen LogP contribution is -2.52. The number of para-hydroxylation sites is 1. The molecule has 248 valence electrons. The van der Waals surface area contributed by atoms with Crippen LogP contribution in [0.5, 0.6) is 17.2 Å². The predicted octanol–water partition coefficient (Wildman–Crippen LogP) is 5.80. The number of pyridine rings is 1. The molecular weight excluding hydrogens is 622 g/mol. The van der Waals surface area contributed by atoms with Gasteiger partial charge in [0.05, 0.1) is 55.2 Å². The zero-order chi connectivity index (χ0) is 32.7. The fourth-order valence-electron chi connectivity index (χ4n) is 6.95. The van der Waals surface area contributed by atoms with Crippen LogP contribution in [0, 0.1) is 0 Å². The number of rotatable bonds is 9. The largest absolute Gasteiger partial charge is 0.494 e. The monoisotopic (exact) mass is 661 g/mol. The maximum absolute atomic E-state index is 12.6. The first-order chi connectivity index (χ1) is 22.8. The van der Waals surface area contributed by atoms with E-state index in [0.29, 0.717) is 40.9 Å².